The molecule has 0 fully saturated rings. The van der Waals surface area contributed by atoms with Gasteiger partial charge in [-0.2, -0.15) is 0 Å². The Bertz CT molecular complexity index is 571. The summed E-state index contributed by atoms with van der Waals surface area (Å²) in [5.74, 6) is 0. The Morgan fingerprint density at radius 3 is 2.89 bits per heavy atom. The molecule has 0 amide bonds. The molecule has 0 spiro atoms. The Morgan fingerprint density at radius 2 is 2.06 bits per heavy atom. The molecule has 2 nitrogen and oxygen atoms in total. The minimum atomic E-state index is 0.769. The quantitative estimate of drug-likeness (QED) is 0.922. The lowest BCUT2D eigenvalue weighted by Gasteiger charge is -2.15. The number of aromatic nitrogens is 1. The van der Waals surface area contributed by atoms with E-state index in [0.717, 1.165) is 19.5 Å². The maximum atomic E-state index is 5.67. The summed E-state index contributed by atoms with van der Waals surface area (Å²) in [5.41, 5.74) is 10.2. The summed E-state index contributed by atoms with van der Waals surface area (Å²) in [6.45, 7) is 1.83. The van der Waals surface area contributed by atoms with Crippen LogP contribution in [0.1, 0.15) is 30.5 Å². The average molecular weight is 307 g/mol. The highest BCUT2D eigenvalue weighted by Crippen LogP contribution is 2.33. The normalized spacial score (nSPS) is 15.0. The van der Waals surface area contributed by atoms with Crippen LogP contribution >= 0.6 is 15.9 Å². The first-order valence-electron chi connectivity index (χ1n) is 6.81. The van der Waals surface area contributed by atoms with Crippen LogP contribution in [0.15, 0.2) is 22.7 Å². The van der Waals surface area contributed by atoms with E-state index in [1.807, 2.05) is 0 Å². The van der Waals surface area contributed by atoms with Crippen molar-refractivity contribution in [1.82, 2.24) is 4.57 Å². The molecule has 0 saturated carbocycles. The van der Waals surface area contributed by atoms with Gasteiger partial charge in [0.05, 0.1) is 0 Å². The fourth-order valence-electron chi connectivity index (χ4n) is 3.11. The SMILES string of the molecule is NCCCn1c2c(c3cc(Br)ccc31)CCCC2. The average Bonchev–Trinajstić information content (AvgIpc) is 2.70. The van der Waals surface area contributed by atoms with Crippen LogP contribution in [0.25, 0.3) is 10.9 Å². The first-order valence-corrected chi connectivity index (χ1v) is 7.60. The van der Waals surface area contributed by atoms with Gasteiger partial charge in [0.2, 0.25) is 0 Å². The Morgan fingerprint density at radius 1 is 1.22 bits per heavy atom. The molecule has 2 aromatic rings. The van der Waals surface area contributed by atoms with E-state index < -0.39 is 0 Å². The van der Waals surface area contributed by atoms with Gasteiger partial charge in [-0.25, -0.2) is 0 Å². The molecule has 1 aromatic heterocycles. The Kier molecular flexibility index (Phi) is 3.44. The first kappa shape index (κ1) is 12.2. The topological polar surface area (TPSA) is 30.9 Å². The maximum absolute atomic E-state index is 5.67. The van der Waals surface area contributed by atoms with Crippen molar-refractivity contribution in [2.24, 2.45) is 5.73 Å². The Hall–Kier alpha value is -0.800. The van der Waals surface area contributed by atoms with E-state index in [-0.39, 0.29) is 0 Å². The molecule has 96 valence electrons. The van der Waals surface area contributed by atoms with Gasteiger partial charge in [-0.3, -0.25) is 0 Å². The maximum Gasteiger partial charge on any atom is 0.0486 e. The minimum Gasteiger partial charge on any atom is -0.344 e. The highest BCUT2D eigenvalue weighted by atomic mass is 79.9. The van der Waals surface area contributed by atoms with Crippen LogP contribution in [-0.2, 0) is 19.4 Å². The van der Waals surface area contributed by atoms with Gasteiger partial charge >= 0.3 is 0 Å². The van der Waals surface area contributed by atoms with Crippen molar-refractivity contribution in [3.05, 3.63) is 33.9 Å². The molecule has 2 N–H and O–H groups in total. The molecule has 0 radical (unpaired) electrons. The van der Waals surface area contributed by atoms with E-state index >= 15 is 0 Å². The molecule has 1 aliphatic rings. The van der Waals surface area contributed by atoms with Crippen LogP contribution in [0.2, 0.25) is 0 Å². The van der Waals surface area contributed by atoms with E-state index in [4.69, 9.17) is 5.73 Å². The molecular formula is C15H19BrN2. The number of benzene rings is 1. The Labute approximate surface area is 116 Å². The molecule has 3 rings (SSSR count). The molecule has 1 aliphatic carbocycles. The van der Waals surface area contributed by atoms with Crippen molar-refractivity contribution in [3.8, 4) is 0 Å². The van der Waals surface area contributed by atoms with Gasteiger partial charge in [0.15, 0.2) is 0 Å². The number of rotatable bonds is 3. The lowest BCUT2D eigenvalue weighted by Crippen LogP contribution is -2.11. The molecule has 1 aromatic carbocycles. The van der Waals surface area contributed by atoms with Gasteiger partial charge in [0.25, 0.3) is 0 Å². The number of hydrogen-bond donors (Lipinski definition) is 1. The minimum absolute atomic E-state index is 0.769. The van der Waals surface area contributed by atoms with Crippen molar-refractivity contribution in [2.75, 3.05) is 6.54 Å². The highest BCUT2D eigenvalue weighted by Gasteiger charge is 2.19. The third-order valence-corrected chi connectivity index (χ3v) is 4.42. The zero-order valence-electron chi connectivity index (χ0n) is 10.6. The van der Waals surface area contributed by atoms with Crippen LogP contribution < -0.4 is 5.73 Å². The summed E-state index contributed by atoms with van der Waals surface area (Å²) in [4.78, 5) is 0. The van der Waals surface area contributed by atoms with Gasteiger partial charge in [-0.15, -0.1) is 0 Å². The fourth-order valence-corrected chi connectivity index (χ4v) is 3.47. The molecule has 1 heterocycles. The molecule has 0 bridgehead atoms. The summed E-state index contributed by atoms with van der Waals surface area (Å²) in [5, 5.41) is 1.44. The molecule has 0 aliphatic heterocycles. The Balaban J connectivity index is 2.19. The second-order valence-corrected chi connectivity index (χ2v) is 6.00. The van der Waals surface area contributed by atoms with Gasteiger partial charge in [-0.1, -0.05) is 15.9 Å². The second kappa shape index (κ2) is 5.06. The van der Waals surface area contributed by atoms with E-state index in [9.17, 15) is 0 Å². The number of nitrogens with two attached hydrogens (primary N) is 1. The van der Waals surface area contributed by atoms with Gasteiger partial charge < -0.3 is 10.3 Å². The predicted molar refractivity (Wildman–Crippen MR) is 80.0 cm³/mol. The first-order chi connectivity index (χ1) is 8.81. The van der Waals surface area contributed by atoms with Crippen molar-refractivity contribution >= 4 is 26.8 Å². The van der Waals surface area contributed by atoms with Crippen molar-refractivity contribution in [1.29, 1.82) is 0 Å². The van der Waals surface area contributed by atoms with E-state index in [1.54, 1.807) is 11.3 Å². The number of nitrogens with zero attached hydrogens (tertiary/aromatic N) is 1. The van der Waals surface area contributed by atoms with Gasteiger partial charge in [0, 0.05) is 27.6 Å². The predicted octanol–water partition coefficient (Wildman–Crippen LogP) is 3.63. The van der Waals surface area contributed by atoms with Crippen LogP contribution in [0.5, 0.6) is 0 Å². The van der Waals surface area contributed by atoms with Crippen molar-refractivity contribution in [2.45, 2.75) is 38.6 Å². The van der Waals surface area contributed by atoms with Gasteiger partial charge in [-0.05, 0) is 62.4 Å². The summed E-state index contributed by atoms with van der Waals surface area (Å²) < 4.78 is 3.68. The lowest BCUT2D eigenvalue weighted by atomic mass is 9.95. The summed E-state index contributed by atoms with van der Waals surface area (Å²) >= 11 is 3.59. The number of aryl methyl sites for hydroxylation is 2. The number of halogens is 1. The fraction of sp³-hybridized carbons (Fsp3) is 0.467. The zero-order valence-corrected chi connectivity index (χ0v) is 12.2. The van der Waals surface area contributed by atoms with Crippen LogP contribution in [0.4, 0.5) is 0 Å². The summed E-state index contributed by atoms with van der Waals surface area (Å²) in [6.07, 6.45) is 6.18. The van der Waals surface area contributed by atoms with Gasteiger partial charge in [0.1, 0.15) is 0 Å². The monoisotopic (exact) mass is 306 g/mol. The molecule has 0 saturated heterocycles. The summed E-state index contributed by atoms with van der Waals surface area (Å²) in [7, 11) is 0. The largest absolute Gasteiger partial charge is 0.344 e. The molecule has 3 heteroatoms. The standard InChI is InChI=1S/C15H19BrN2/c16-11-6-7-15-13(10-11)12-4-1-2-5-14(12)18(15)9-3-8-17/h6-7,10H,1-5,8-9,17H2. The molecule has 18 heavy (non-hydrogen) atoms. The summed E-state index contributed by atoms with van der Waals surface area (Å²) in [6, 6.07) is 6.67. The smallest absolute Gasteiger partial charge is 0.0486 e. The van der Waals surface area contributed by atoms with Crippen molar-refractivity contribution in [3.63, 3.8) is 0 Å². The van der Waals surface area contributed by atoms with E-state index in [0.29, 0.717) is 0 Å². The molecule has 0 unspecified atom stereocenters. The number of hydrogen-bond acceptors (Lipinski definition) is 1. The molecule has 0 atom stereocenters. The van der Waals surface area contributed by atoms with Crippen molar-refractivity contribution < 1.29 is 0 Å². The highest BCUT2D eigenvalue weighted by molar-refractivity contribution is 9.10. The van der Waals surface area contributed by atoms with Crippen LogP contribution in [0, 0.1) is 0 Å². The van der Waals surface area contributed by atoms with E-state index in [2.05, 4.69) is 38.7 Å². The molecular weight excluding hydrogens is 288 g/mol. The van der Waals surface area contributed by atoms with Crippen LogP contribution in [-0.4, -0.2) is 11.1 Å². The lowest BCUT2D eigenvalue weighted by molar-refractivity contribution is 0.596. The second-order valence-electron chi connectivity index (χ2n) is 5.09. The third kappa shape index (κ3) is 1.99. The zero-order chi connectivity index (χ0) is 12.5. The van der Waals surface area contributed by atoms with Crippen LogP contribution in [0.3, 0.4) is 0 Å². The van der Waals surface area contributed by atoms with E-state index in [1.165, 1.54) is 41.1 Å². The number of fused-ring (bicyclic) bond motifs is 3. The third-order valence-electron chi connectivity index (χ3n) is 3.92.